The zero-order valence-corrected chi connectivity index (χ0v) is 14.2. The maximum Gasteiger partial charge on any atom is 0.221 e. The van der Waals surface area contributed by atoms with Crippen molar-refractivity contribution in [3.8, 4) is 11.5 Å². The molecule has 0 aliphatic rings. The molecule has 0 saturated heterocycles. The average Bonchev–Trinajstić information content (AvgIpc) is 3.09. The number of amides is 1. The molecule has 0 fully saturated rings. The summed E-state index contributed by atoms with van der Waals surface area (Å²) in [5.41, 5.74) is 1.10. The first-order valence-corrected chi connectivity index (χ1v) is 8.20. The van der Waals surface area contributed by atoms with Crippen molar-refractivity contribution < 1.29 is 14.3 Å². The summed E-state index contributed by atoms with van der Waals surface area (Å²) >= 11 is 0. The highest BCUT2D eigenvalue weighted by molar-refractivity contribution is 5.75. The van der Waals surface area contributed by atoms with Crippen LogP contribution in [0.2, 0.25) is 0 Å². The minimum atomic E-state index is 0.00136. The first kappa shape index (κ1) is 17.8. The van der Waals surface area contributed by atoms with Gasteiger partial charge in [-0.3, -0.25) is 9.48 Å². The summed E-state index contributed by atoms with van der Waals surface area (Å²) in [4.78, 5) is 15.7. The number of rotatable bonds is 10. The summed E-state index contributed by atoms with van der Waals surface area (Å²) in [6.07, 6.45) is 4.18. The second-order valence-corrected chi connectivity index (χ2v) is 5.16. The fourth-order valence-electron chi connectivity index (χ4n) is 2.25. The van der Waals surface area contributed by atoms with Gasteiger partial charge in [0, 0.05) is 13.0 Å². The van der Waals surface area contributed by atoms with Crippen LogP contribution in [-0.4, -0.2) is 40.4 Å². The van der Waals surface area contributed by atoms with Crippen molar-refractivity contribution in [2.24, 2.45) is 0 Å². The molecule has 0 unspecified atom stereocenters. The molecule has 0 bridgehead atoms. The lowest BCUT2D eigenvalue weighted by molar-refractivity contribution is -0.121. The Hall–Kier alpha value is -2.57. The first-order valence-electron chi connectivity index (χ1n) is 8.20. The fraction of sp³-hybridized carbons (Fsp3) is 0.471. The van der Waals surface area contributed by atoms with Crippen LogP contribution < -0.4 is 14.8 Å². The number of aromatic nitrogens is 3. The third-order valence-corrected chi connectivity index (χ3v) is 3.38. The Morgan fingerprint density at radius 2 is 2.00 bits per heavy atom. The number of hydrogen-bond donors (Lipinski definition) is 1. The van der Waals surface area contributed by atoms with E-state index in [4.69, 9.17) is 9.47 Å². The largest absolute Gasteiger partial charge is 0.490 e. The molecule has 1 heterocycles. The third-order valence-electron chi connectivity index (χ3n) is 3.38. The van der Waals surface area contributed by atoms with Crippen LogP contribution in [0, 0.1) is 0 Å². The van der Waals surface area contributed by atoms with E-state index in [0.29, 0.717) is 32.7 Å². The predicted molar refractivity (Wildman–Crippen MR) is 90.1 cm³/mol. The normalized spacial score (nSPS) is 10.4. The van der Waals surface area contributed by atoms with Crippen LogP contribution in [-0.2, 0) is 17.8 Å². The molecule has 7 heteroatoms. The van der Waals surface area contributed by atoms with Crippen LogP contribution in [0.5, 0.6) is 11.5 Å². The maximum absolute atomic E-state index is 11.8. The van der Waals surface area contributed by atoms with E-state index < -0.39 is 0 Å². The number of carbonyl (C=O) groups excluding carboxylic acids is 1. The van der Waals surface area contributed by atoms with E-state index in [1.54, 1.807) is 11.0 Å². The number of ether oxygens (including phenoxy) is 2. The molecule has 7 nitrogen and oxygen atoms in total. The molecule has 0 aliphatic carbocycles. The SMILES string of the molecule is CCOc1ccc(CCNC(=O)CCn2cncn2)cc1OCC. The predicted octanol–water partition coefficient (Wildman–Crippen LogP) is 1.82. The van der Waals surface area contributed by atoms with E-state index in [0.717, 1.165) is 23.5 Å². The standard InChI is InChI=1S/C17H24N4O3/c1-3-23-15-6-5-14(11-16(15)24-4-2)7-9-19-17(22)8-10-21-13-18-12-20-21/h5-6,11-13H,3-4,7-10H2,1-2H3,(H,19,22). The van der Waals surface area contributed by atoms with Gasteiger partial charge in [0.25, 0.3) is 0 Å². The van der Waals surface area contributed by atoms with E-state index in [1.165, 1.54) is 6.33 Å². The summed E-state index contributed by atoms with van der Waals surface area (Å²) in [5.74, 6) is 1.50. The van der Waals surface area contributed by atoms with Gasteiger partial charge >= 0.3 is 0 Å². The van der Waals surface area contributed by atoms with Gasteiger partial charge in [0.05, 0.1) is 19.8 Å². The topological polar surface area (TPSA) is 78.3 Å². The van der Waals surface area contributed by atoms with Crippen molar-refractivity contribution in [2.75, 3.05) is 19.8 Å². The summed E-state index contributed by atoms with van der Waals surface area (Å²) in [7, 11) is 0. The molecule has 2 rings (SSSR count). The third kappa shape index (κ3) is 5.57. The lowest BCUT2D eigenvalue weighted by Gasteiger charge is -2.12. The molecule has 2 aromatic rings. The molecule has 24 heavy (non-hydrogen) atoms. The van der Waals surface area contributed by atoms with Crippen molar-refractivity contribution in [3.63, 3.8) is 0 Å². The van der Waals surface area contributed by atoms with Crippen LogP contribution in [0.1, 0.15) is 25.8 Å². The highest BCUT2D eigenvalue weighted by Crippen LogP contribution is 2.28. The quantitative estimate of drug-likeness (QED) is 0.718. The number of aryl methyl sites for hydroxylation is 1. The van der Waals surface area contributed by atoms with Gasteiger partial charge in [-0.25, -0.2) is 4.98 Å². The molecule has 1 N–H and O–H groups in total. The van der Waals surface area contributed by atoms with Crippen LogP contribution in [0.3, 0.4) is 0 Å². The van der Waals surface area contributed by atoms with Gasteiger partial charge in [-0.1, -0.05) is 6.07 Å². The Labute approximate surface area is 142 Å². The molecule has 130 valence electrons. The maximum atomic E-state index is 11.8. The summed E-state index contributed by atoms with van der Waals surface area (Å²) in [5, 5.41) is 6.88. The number of nitrogens with zero attached hydrogens (tertiary/aromatic N) is 3. The zero-order chi connectivity index (χ0) is 17.2. The van der Waals surface area contributed by atoms with Crippen molar-refractivity contribution in [2.45, 2.75) is 33.2 Å². The van der Waals surface area contributed by atoms with Gasteiger partial charge in [-0.2, -0.15) is 5.10 Å². The van der Waals surface area contributed by atoms with Gasteiger partial charge in [-0.15, -0.1) is 0 Å². The highest BCUT2D eigenvalue weighted by atomic mass is 16.5. The van der Waals surface area contributed by atoms with E-state index in [-0.39, 0.29) is 5.91 Å². The van der Waals surface area contributed by atoms with E-state index in [9.17, 15) is 4.79 Å². The van der Waals surface area contributed by atoms with Crippen molar-refractivity contribution in [3.05, 3.63) is 36.4 Å². The van der Waals surface area contributed by atoms with Crippen molar-refractivity contribution in [1.29, 1.82) is 0 Å². The van der Waals surface area contributed by atoms with Gasteiger partial charge in [0.15, 0.2) is 11.5 Å². The lowest BCUT2D eigenvalue weighted by atomic mass is 10.1. The van der Waals surface area contributed by atoms with E-state index in [1.807, 2.05) is 32.0 Å². The van der Waals surface area contributed by atoms with Gasteiger partial charge in [-0.05, 0) is 38.0 Å². The molecular weight excluding hydrogens is 308 g/mol. The summed E-state index contributed by atoms with van der Waals surface area (Å²) < 4.78 is 12.8. The second-order valence-electron chi connectivity index (χ2n) is 5.16. The smallest absolute Gasteiger partial charge is 0.221 e. The first-order chi connectivity index (χ1) is 11.7. The lowest BCUT2D eigenvalue weighted by Crippen LogP contribution is -2.26. The Bertz CT molecular complexity index is 629. The van der Waals surface area contributed by atoms with Crippen LogP contribution in [0.4, 0.5) is 0 Å². The van der Waals surface area contributed by atoms with Gasteiger partial charge in [0.1, 0.15) is 12.7 Å². The molecule has 0 atom stereocenters. The molecule has 0 radical (unpaired) electrons. The van der Waals surface area contributed by atoms with Crippen molar-refractivity contribution in [1.82, 2.24) is 20.1 Å². The number of carbonyl (C=O) groups is 1. The number of hydrogen-bond acceptors (Lipinski definition) is 5. The second kappa shape index (κ2) is 9.54. The average molecular weight is 332 g/mol. The van der Waals surface area contributed by atoms with Crippen LogP contribution in [0.15, 0.2) is 30.9 Å². The number of benzene rings is 1. The van der Waals surface area contributed by atoms with E-state index >= 15 is 0 Å². The van der Waals surface area contributed by atoms with Gasteiger partial charge < -0.3 is 14.8 Å². The molecule has 1 aromatic carbocycles. The summed E-state index contributed by atoms with van der Waals surface area (Å²) in [6.45, 7) is 6.18. The molecular formula is C17H24N4O3. The van der Waals surface area contributed by atoms with Crippen LogP contribution in [0.25, 0.3) is 0 Å². The molecule has 0 spiro atoms. The van der Waals surface area contributed by atoms with Crippen molar-refractivity contribution >= 4 is 5.91 Å². The minimum Gasteiger partial charge on any atom is -0.490 e. The Kier molecular flexibility index (Phi) is 7.07. The zero-order valence-electron chi connectivity index (χ0n) is 14.2. The fourth-order valence-corrected chi connectivity index (χ4v) is 2.25. The Morgan fingerprint density at radius 3 is 2.71 bits per heavy atom. The Balaban J connectivity index is 1.78. The van der Waals surface area contributed by atoms with Crippen LogP contribution >= 0.6 is 0 Å². The van der Waals surface area contributed by atoms with Gasteiger partial charge in [0.2, 0.25) is 5.91 Å². The minimum absolute atomic E-state index is 0.00136. The molecule has 1 amide bonds. The molecule has 0 saturated carbocycles. The summed E-state index contributed by atoms with van der Waals surface area (Å²) in [6, 6.07) is 5.88. The molecule has 0 aliphatic heterocycles. The molecule has 1 aromatic heterocycles. The number of nitrogens with one attached hydrogen (secondary N) is 1. The Morgan fingerprint density at radius 1 is 1.21 bits per heavy atom. The van der Waals surface area contributed by atoms with E-state index in [2.05, 4.69) is 15.4 Å². The monoisotopic (exact) mass is 332 g/mol. The highest BCUT2D eigenvalue weighted by Gasteiger charge is 2.07.